The molecule has 0 fully saturated rings. The Bertz CT molecular complexity index is 1130. The van der Waals surface area contributed by atoms with Gasteiger partial charge in [-0.3, -0.25) is 0 Å². The minimum atomic E-state index is -0.573. The van der Waals surface area contributed by atoms with Crippen molar-refractivity contribution in [2.75, 3.05) is 0 Å². The minimum Gasteiger partial charge on any atom is -0.0876 e. The Hall–Kier alpha value is -2.21. The molecular weight excluding hydrogens is 459 g/mol. The van der Waals surface area contributed by atoms with Crippen molar-refractivity contribution >= 4 is 39.8 Å². The van der Waals surface area contributed by atoms with Gasteiger partial charge in [-0.2, -0.15) is 0 Å². The van der Waals surface area contributed by atoms with Gasteiger partial charge in [0.05, 0.1) is 0 Å². The Morgan fingerprint density at radius 2 is 1.13 bits per heavy atom. The molecule has 4 aliphatic carbocycles. The van der Waals surface area contributed by atoms with E-state index in [0.717, 1.165) is 31.0 Å². The Labute approximate surface area is 195 Å². The summed E-state index contributed by atoms with van der Waals surface area (Å²) in [7, 11) is -0.573. The molecule has 0 unspecified atom stereocenters. The predicted octanol–water partition coefficient (Wildman–Crippen LogP) is 6.22. The highest BCUT2D eigenvalue weighted by molar-refractivity contribution is 9.08. The number of halogens is 1. The van der Waals surface area contributed by atoms with Crippen LogP contribution in [0.1, 0.15) is 27.8 Å². The average Bonchev–Trinajstić information content (AvgIpc) is 2.82. The Kier molecular flexibility index (Phi) is 6.35. The zero-order chi connectivity index (χ0) is 21.0. The third-order valence-corrected chi connectivity index (χ3v) is 9.33. The van der Waals surface area contributed by atoms with E-state index in [0.29, 0.717) is 0 Å². The highest BCUT2D eigenvalue weighted by atomic mass is 79.9. The maximum atomic E-state index is 3.70. The van der Waals surface area contributed by atoms with Gasteiger partial charge in [-0.25, -0.2) is 0 Å². The number of hydrogen-bond acceptors (Lipinski definition) is 0. The SMILES string of the molecule is BrCc1cc2ccc1CCc1ccc(c(P(c3ccccc3)c3ccccc3)c1)CC2. The largest absolute Gasteiger partial charge is 0.0876 e. The van der Waals surface area contributed by atoms with Gasteiger partial charge in [-0.05, 0) is 77.3 Å². The topological polar surface area (TPSA) is 0 Å². The van der Waals surface area contributed by atoms with Gasteiger partial charge in [0.2, 0.25) is 0 Å². The Morgan fingerprint density at radius 3 is 1.74 bits per heavy atom. The van der Waals surface area contributed by atoms with Crippen molar-refractivity contribution in [3.05, 3.63) is 125 Å². The maximum absolute atomic E-state index is 3.70. The van der Waals surface area contributed by atoms with Gasteiger partial charge in [0.1, 0.15) is 0 Å². The van der Waals surface area contributed by atoms with Crippen molar-refractivity contribution in [2.24, 2.45) is 0 Å². The van der Waals surface area contributed by atoms with Gasteiger partial charge < -0.3 is 0 Å². The summed E-state index contributed by atoms with van der Waals surface area (Å²) in [5.74, 6) is 0. The predicted molar refractivity (Wildman–Crippen MR) is 139 cm³/mol. The van der Waals surface area contributed by atoms with Crippen LogP contribution >= 0.6 is 23.9 Å². The van der Waals surface area contributed by atoms with Crippen LogP contribution in [0.3, 0.4) is 0 Å². The molecule has 0 N–H and O–H groups in total. The molecule has 4 aromatic carbocycles. The maximum Gasteiger partial charge on any atom is 0.0285 e. The molecule has 0 atom stereocenters. The smallest absolute Gasteiger partial charge is 0.0285 e. The van der Waals surface area contributed by atoms with Crippen molar-refractivity contribution in [2.45, 2.75) is 31.0 Å². The molecule has 0 spiro atoms. The molecular formula is C29H26BrP. The van der Waals surface area contributed by atoms with E-state index in [9.17, 15) is 0 Å². The van der Waals surface area contributed by atoms with Crippen molar-refractivity contribution in [3.8, 4) is 0 Å². The van der Waals surface area contributed by atoms with Crippen LogP contribution < -0.4 is 15.9 Å². The zero-order valence-electron chi connectivity index (χ0n) is 17.6. The van der Waals surface area contributed by atoms with Gasteiger partial charge in [-0.15, -0.1) is 0 Å². The Balaban J connectivity index is 1.62. The molecule has 0 radical (unpaired) electrons. The average molecular weight is 485 g/mol. The normalized spacial score (nSPS) is 13.2. The van der Waals surface area contributed by atoms with Gasteiger partial charge in [0.25, 0.3) is 0 Å². The molecule has 154 valence electrons. The minimum absolute atomic E-state index is 0.573. The van der Waals surface area contributed by atoms with Crippen LogP contribution in [0.2, 0.25) is 0 Å². The van der Waals surface area contributed by atoms with E-state index in [1.54, 1.807) is 0 Å². The molecule has 4 aromatic rings. The molecule has 4 bridgehead atoms. The molecule has 0 amide bonds. The fourth-order valence-corrected chi connectivity index (χ4v) is 7.61. The summed E-state index contributed by atoms with van der Waals surface area (Å²) >= 11 is 3.70. The first-order valence-corrected chi connectivity index (χ1v) is 13.5. The van der Waals surface area contributed by atoms with Crippen molar-refractivity contribution in [1.29, 1.82) is 0 Å². The lowest BCUT2D eigenvalue weighted by atomic mass is 9.94. The van der Waals surface area contributed by atoms with Gasteiger partial charge in [-0.1, -0.05) is 113 Å². The molecule has 0 heterocycles. The lowest BCUT2D eigenvalue weighted by molar-refractivity contribution is 0.916. The molecule has 0 aromatic heterocycles. The van der Waals surface area contributed by atoms with E-state index >= 15 is 0 Å². The fourth-order valence-electron chi connectivity index (χ4n) is 4.53. The van der Waals surface area contributed by atoms with Crippen LogP contribution in [0.5, 0.6) is 0 Å². The number of benzene rings is 4. The second-order valence-corrected chi connectivity index (χ2v) is 11.0. The molecule has 0 saturated carbocycles. The van der Waals surface area contributed by atoms with Gasteiger partial charge >= 0.3 is 0 Å². The molecule has 8 rings (SSSR count). The summed E-state index contributed by atoms with van der Waals surface area (Å²) in [5.41, 5.74) is 7.30. The number of aryl methyl sites for hydroxylation is 4. The summed E-state index contributed by atoms with van der Waals surface area (Å²) in [6, 6.07) is 36.6. The lowest BCUT2D eigenvalue weighted by Crippen LogP contribution is -2.24. The van der Waals surface area contributed by atoms with Crippen molar-refractivity contribution in [3.63, 3.8) is 0 Å². The van der Waals surface area contributed by atoms with Crippen LogP contribution in [0.15, 0.2) is 97.1 Å². The number of hydrogen-bond donors (Lipinski definition) is 0. The first kappa shape index (κ1) is 20.7. The summed E-state index contributed by atoms with van der Waals surface area (Å²) in [4.78, 5) is 0. The highest BCUT2D eigenvalue weighted by Crippen LogP contribution is 2.35. The lowest BCUT2D eigenvalue weighted by Gasteiger charge is -2.24. The van der Waals surface area contributed by atoms with Crippen LogP contribution in [0.25, 0.3) is 0 Å². The van der Waals surface area contributed by atoms with E-state index < -0.39 is 7.92 Å². The first-order chi connectivity index (χ1) is 15.3. The number of rotatable bonds is 4. The third-order valence-electron chi connectivity index (χ3n) is 6.20. The van der Waals surface area contributed by atoms with Crippen LogP contribution in [0.4, 0.5) is 0 Å². The molecule has 31 heavy (non-hydrogen) atoms. The molecule has 0 aliphatic heterocycles. The van der Waals surface area contributed by atoms with E-state index in [1.807, 2.05) is 0 Å². The fraction of sp³-hybridized carbons (Fsp3) is 0.172. The van der Waals surface area contributed by atoms with Crippen molar-refractivity contribution in [1.82, 2.24) is 0 Å². The van der Waals surface area contributed by atoms with Gasteiger partial charge in [0.15, 0.2) is 0 Å². The highest BCUT2D eigenvalue weighted by Gasteiger charge is 2.20. The molecule has 2 heteroatoms. The molecule has 4 aliphatic rings. The summed E-state index contributed by atoms with van der Waals surface area (Å²) in [6.07, 6.45) is 4.34. The quantitative estimate of drug-likeness (QED) is 0.238. The van der Waals surface area contributed by atoms with Crippen LogP contribution in [-0.2, 0) is 31.0 Å². The van der Waals surface area contributed by atoms with Gasteiger partial charge in [0, 0.05) is 5.33 Å². The first-order valence-electron chi connectivity index (χ1n) is 11.0. The Morgan fingerprint density at radius 1 is 0.581 bits per heavy atom. The van der Waals surface area contributed by atoms with E-state index in [2.05, 4.69) is 113 Å². The molecule has 0 saturated heterocycles. The molecule has 0 nitrogen and oxygen atoms in total. The summed E-state index contributed by atoms with van der Waals surface area (Å²) in [6.45, 7) is 0. The monoisotopic (exact) mass is 484 g/mol. The van der Waals surface area contributed by atoms with E-state index in [1.165, 1.54) is 43.7 Å². The van der Waals surface area contributed by atoms with E-state index in [-0.39, 0.29) is 0 Å². The number of alkyl halides is 1. The second kappa shape index (κ2) is 9.51. The zero-order valence-corrected chi connectivity index (χ0v) is 20.1. The van der Waals surface area contributed by atoms with Crippen molar-refractivity contribution < 1.29 is 0 Å². The third kappa shape index (κ3) is 4.54. The summed E-state index contributed by atoms with van der Waals surface area (Å²) < 4.78 is 0. The second-order valence-electron chi connectivity index (χ2n) is 8.21. The summed E-state index contributed by atoms with van der Waals surface area (Å²) in [5, 5.41) is 5.32. The van der Waals surface area contributed by atoms with E-state index in [4.69, 9.17) is 0 Å². The standard InChI is InChI=1S/C29H26BrP/c30-21-26-19-22-11-15-24(26)16-12-23-14-18-25(17-13-22)29(20-23)31(27-7-3-1-4-8-27)28-9-5-2-6-10-28/h1-11,14-15,18-20H,12-13,16-17,21H2. The van der Waals surface area contributed by atoms with Crippen LogP contribution in [0, 0.1) is 0 Å². The van der Waals surface area contributed by atoms with Crippen LogP contribution in [-0.4, -0.2) is 0 Å².